The molecule has 0 aromatic carbocycles. The molecule has 2 rings (SSSR count). The molecule has 3 nitrogen and oxygen atoms in total. The average molecular weight is 295 g/mol. The summed E-state index contributed by atoms with van der Waals surface area (Å²) >= 11 is 1.74. The first-order chi connectivity index (χ1) is 9.49. The number of aryl methyl sites for hydroxylation is 1. The Kier molecular flexibility index (Phi) is 5.21. The van der Waals surface area contributed by atoms with Crippen molar-refractivity contribution in [1.82, 2.24) is 9.88 Å². The van der Waals surface area contributed by atoms with E-state index in [1.165, 1.54) is 31.4 Å². The molecule has 2 unspecified atom stereocenters. The predicted octanol–water partition coefficient (Wildman–Crippen LogP) is 3.43. The molecule has 20 heavy (non-hydrogen) atoms. The Morgan fingerprint density at radius 1 is 1.50 bits per heavy atom. The Hall–Kier alpha value is -0.450. The van der Waals surface area contributed by atoms with Gasteiger partial charge in [0, 0.05) is 24.0 Å². The fourth-order valence-electron chi connectivity index (χ4n) is 3.97. The van der Waals surface area contributed by atoms with E-state index in [9.17, 15) is 0 Å². The summed E-state index contributed by atoms with van der Waals surface area (Å²) in [5, 5.41) is 3.34. The molecule has 0 saturated heterocycles. The van der Waals surface area contributed by atoms with Gasteiger partial charge in [0.05, 0.1) is 10.7 Å². The molecule has 2 N–H and O–H groups in total. The second-order valence-electron chi connectivity index (χ2n) is 6.62. The maximum absolute atomic E-state index is 6.27. The van der Waals surface area contributed by atoms with E-state index in [0.29, 0.717) is 11.8 Å². The van der Waals surface area contributed by atoms with E-state index < -0.39 is 0 Å². The van der Waals surface area contributed by atoms with Crippen molar-refractivity contribution in [2.75, 3.05) is 13.6 Å². The lowest BCUT2D eigenvalue weighted by molar-refractivity contribution is -0.00243. The van der Waals surface area contributed by atoms with E-state index in [1.807, 2.05) is 0 Å². The van der Waals surface area contributed by atoms with Gasteiger partial charge in [-0.25, -0.2) is 4.98 Å². The maximum Gasteiger partial charge on any atom is 0.0897 e. The molecule has 0 aliphatic heterocycles. The third-order valence-corrected chi connectivity index (χ3v) is 5.87. The monoisotopic (exact) mass is 295 g/mol. The zero-order chi connectivity index (χ0) is 14.8. The lowest BCUT2D eigenvalue weighted by atomic mass is 9.67. The number of nitrogens with zero attached hydrogens (tertiary/aromatic N) is 2. The van der Waals surface area contributed by atoms with Crippen LogP contribution in [0.4, 0.5) is 0 Å². The van der Waals surface area contributed by atoms with Crippen LogP contribution in [0.25, 0.3) is 0 Å². The van der Waals surface area contributed by atoms with Gasteiger partial charge >= 0.3 is 0 Å². The van der Waals surface area contributed by atoms with E-state index in [-0.39, 0.29) is 5.54 Å². The van der Waals surface area contributed by atoms with E-state index in [0.717, 1.165) is 18.1 Å². The number of likely N-dealkylation sites (N-methyl/N-ethyl adjacent to an activating group) is 1. The molecule has 0 spiro atoms. The molecule has 1 aromatic heterocycles. The van der Waals surface area contributed by atoms with E-state index in [2.05, 4.69) is 43.1 Å². The SMILES string of the molecule is Cc1nc(CN(C)C2(CN)CCCCC2C(C)C)cs1. The fourth-order valence-corrected chi connectivity index (χ4v) is 4.57. The second-order valence-corrected chi connectivity index (χ2v) is 7.68. The summed E-state index contributed by atoms with van der Waals surface area (Å²) in [5.41, 5.74) is 7.61. The molecule has 1 aliphatic carbocycles. The number of rotatable bonds is 5. The Balaban J connectivity index is 2.19. The van der Waals surface area contributed by atoms with Crippen molar-refractivity contribution in [2.45, 2.75) is 58.5 Å². The summed E-state index contributed by atoms with van der Waals surface area (Å²) < 4.78 is 0. The highest BCUT2D eigenvalue weighted by Gasteiger charge is 2.44. The summed E-state index contributed by atoms with van der Waals surface area (Å²) in [5.74, 6) is 1.39. The van der Waals surface area contributed by atoms with Crippen LogP contribution in [-0.4, -0.2) is 29.0 Å². The van der Waals surface area contributed by atoms with Gasteiger partial charge in [-0.1, -0.05) is 26.7 Å². The largest absolute Gasteiger partial charge is 0.329 e. The third kappa shape index (κ3) is 3.07. The standard InChI is InChI=1S/C16H29N3S/c1-12(2)15-7-5-6-8-16(15,11-17)19(4)9-14-10-20-13(3)18-14/h10,12,15H,5-9,11,17H2,1-4H3. The molecule has 1 fully saturated rings. The number of aromatic nitrogens is 1. The van der Waals surface area contributed by atoms with Crippen molar-refractivity contribution < 1.29 is 0 Å². The zero-order valence-corrected chi connectivity index (χ0v) is 14.2. The van der Waals surface area contributed by atoms with Crippen LogP contribution < -0.4 is 5.73 Å². The zero-order valence-electron chi connectivity index (χ0n) is 13.4. The Labute approximate surface area is 127 Å². The molecule has 1 saturated carbocycles. The van der Waals surface area contributed by atoms with Gasteiger partial charge in [-0.3, -0.25) is 4.90 Å². The summed E-state index contributed by atoms with van der Waals surface area (Å²) in [6.45, 7) is 8.45. The highest BCUT2D eigenvalue weighted by Crippen LogP contribution is 2.41. The first-order valence-corrected chi connectivity index (χ1v) is 8.70. The lowest BCUT2D eigenvalue weighted by Gasteiger charge is -2.51. The van der Waals surface area contributed by atoms with Crippen molar-refractivity contribution in [3.63, 3.8) is 0 Å². The highest BCUT2D eigenvalue weighted by molar-refractivity contribution is 7.09. The van der Waals surface area contributed by atoms with Crippen LogP contribution in [0, 0.1) is 18.8 Å². The summed E-state index contributed by atoms with van der Waals surface area (Å²) in [6, 6.07) is 0. The maximum atomic E-state index is 6.27. The van der Waals surface area contributed by atoms with Gasteiger partial charge < -0.3 is 5.73 Å². The van der Waals surface area contributed by atoms with Gasteiger partial charge in [0.1, 0.15) is 0 Å². The van der Waals surface area contributed by atoms with Crippen molar-refractivity contribution >= 4 is 11.3 Å². The van der Waals surface area contributed by atoms with Crippen molar-refractivity contribution in [3.8, 4) is 0 Å². The van der Waals surface area contributed by atoms with Crippen LogP contribution in [0.2, 0.25) is 0 Å². The molecule has 1 aromatic rings. The fraction of sp³-hybridized carbons (Fsp3) is 0.812. The number of hydrogen-bond acceptors (Lipinski definition) is 4. The minimum atomic E-state index is 0.157. The van der Waals surface area contributed by atoms with E-state index in [4.69, 9.17) is 5.73 Å². The van der Waals surface area contributed by atoms with E-state index >= 15 is 0 Å². The molecule has 0 bridgehead atoms. The topological polar surface area (TPSA) is 42.2 Å². The van der Waals surface area contributed by atoms with Crippen LogP contribution in [-0.2, 0) is 6.54 Å². The van der Waals surface area contributed by atoms with Crippen molar-refractivity contribution in [3.05, 3.63) is 16.1 Å². The molecular weight excluding hydrogens is 266 g/mol. The highest BCUT2D eigenvalue weighted by atomic mass is 32.1. The Morgan fingerprint density at radius 3 is 2.80 bits per heavy atom. The van der Waals surface area contributed by atoms with Gasteiger partial charge in [0.15, 0.2) is 0 Å². The molecular formula is C16H29N3S. The van der Waals surface area contributed by atoms with Crippen LogP contribution in [0.1, 0.15) is 50.2 Å². The smallest absolute Gasteiger partial charge is 0.0897 e. The lowest BCUT2D eigenvalue weighted by Crippen LogP contribution is -2.59. The van der Waals surface area contributed by atoms with Gasteiger partial charge in [0.25, 0.3) is 0 Å². The Morgan fingerprint density at radius 2 is 2.25 bits per heavy atom. The number of thiazole rings is 1. The van der Waals surface area contributed by atoms with Gasteiger partial charge in [-0.15, -0.1) is 11.3 Å². The summed E-state index contributed by atoms with van der Waals surface area (Å²) in [4.78, 5) is 7.11. The predicted molar refractivity (Wildman–Crippen MR) is 86.9 cm³/mol. The normalized spacial score (nSPS) is 27.4. The third-order valence-electron chi connectivity index (χ3n) is 5.05. The quantitative estimate of drug-likeness (QED) is 0.905. The van der Waals surface area contributed by atoms with Gasteiger partial charge in [-0.05, 0) is 38.6 Å². The minimum Gasteiger partial charge on any atom is -0.329 e. The molecule has 0 radical (unpaired) electrons. The molecule has 1 aliphatic rings. The minimum absolute atomic E-state index is 0.157. The molecule has 1 heterocycles. The van der Waals surface area contributed by atoms with Crippen molar-refractivity contribution in [1.29, 1.82) is 0 Å². The molecule has 114 valence electrons. The van der Waals surface area contributed by atoms with Gasteiger partial charge in [-0.2, -0.15) is 0 Å². The summed E-state index contributed by atoms with van der Waals surface area (Å²) in [7, 11) is 2.24. The number of nitrogens with two attached hydrogens (primary N) is 1. The van der Waals surface area contributed by atoms with Gasteiger partial charge in [0.2, 0.25) is 0 Å². The second kappa shape index (κ2) is 6.54. The molecule has 0 amide bonds. The van der Waals surface area contributed by atoms with Crippen molar-refractivity contribution in [2.24, 2.45) is 17.6 Å². The molecule has 4 heteroatoms. The van der Waals surface area contributed by atoms with Crippen LogP contribution in [0.3, 0.4) is 0 Å². The van der Waals surface area contributed by atoms with Crippen LogP contribution >= 0.6 is 11.3 Å². The average Bonchev–Trinajstić information content (AvgIpc) is 2.83. The number of hydrogen-bond donors (Lipinski definition) is 1. The summed E-state index contributed by atoms with van der Waals surface area (Å²) in [6.07, 6.45) is 5.20. The van der Waals surface area contributed by atoms with E-state index in [1.54, 1.807) is 11.3 Å². The first-order valence-electron chi connectivity index (χ1n) is 7.82. The molecule has 2 atom stereocenters. The first kappa shape index (κ1) is 15.9. The van der Waals surface area contributed by atoms with Crippen LogP contribution in [0.5, 0.6) is 0 Å². The Bertz CT molecular complexity index is 429. The van der Waals surface area contributed by atoms with Crippen LogP contribution in [0.15, 0.2) is 5.38 Å².